The largest absolute Gasteiger partial charge is 0.298 e. The minimum atomic E-state index is -0.161. The van der Waals surface area contributed by atoms with Crippen LogP contribution in [0.3, 0.4) is 0 Å². The molecular weight excluding hydrogens is 237 g/mol. The van der Waals surface area contributed by atoms with Crippen molar-refractivity contribution in [3.63, 3.8) is 0 Å². The van der Waals surface area contributed by atoms with Gasteiger partial charge in [0.05, 0.1) is 0 Å². The first-order valence-corrected chi connectivity index (χ1v) is 6.76. The molecule has 2 aromatic carbocycles. The van der Waals surface area contributed by atoms with Crippen LogP contribution in [-0.2, 0) is 19.4 Å². The SMILES string of the molecule is Fc1ccc(CCN2CCc3cc[c]cc3C2)cc1. The minimum absolute atomic E-state index is 0.161. The van der Waals surface area contributed by atoms with Crippen molar-refractivity contribution in [1.29, 1.82) is 0 Å². The number of fused-ring (bicyclic) bond motifs is 1. The smallest absolute Gasteiger partial charge is 0.123 e. The van der Waals surface area contributed by atoms with Crippen molar-refractivity contribution in [2.75, 3.05) is 13.1 Å². The topological polar surface area (TPSA) is 3.24 Å². The van der Waals surface area contributed by atoms with E-state index in [1.54, 1.807) is 0 Å². The maximum Gasteiger partial charge on any atom is 0.123 e. The van der Waals surface area contributed by atoms with Gasteiger partial charge in [-0.05, 0) is 53.8 Å². The zero-order valence-electron chi connectivity index (χ0n) is 10.9. The highest BCUT2D eigenvalue weighted by molar-refractivity contribution is 5.28. The molecule has 0 unspecified atom stereocenters. The molecule has 0 aromatic heterocycles. The van der Waals surface area contributed by atoms with E-state index in [1.807, 2.05) is 18.2 Å². The molecule has 1 aliphatic rings. The third-order valence-corrected chi connectivity index (χ3v) is 3.77. The fourth-order valence-corrected chi connectivity index (χ4v) is 2.62. The van der Waals surface area contributed by atoms with Crippen LogP contribution < -0.4 is 0 Å². The Kier molecular flexibility index (Phi) is 3.60. The lowest BCUT2D eigenvalue weighted by atomic mass is 9.99. The summed E-state index contributed by atoms with van der Waals surface area (Å²) in [6, 6.07) is 16.2. The Bertz CT molecular complexity index is 547. The van der Waals surface area contributed by atoms with Crippen LogP contribution >= 0.6 is 0 Å². The third-order valence-electron chi connectivity index (χ3n) is 3.77. The summed E-state index contributed by atoms with van der Waals surface area (Å²) in [5.41, 5.74) is 4.05. The van der Waals surface area contributed by atoms with Crippen LogP contribution in [0.15, 0.2) is 42.5 Å². The molecular formula is C17H17FN. The Morgan fingerprint density at radius 1 is 1.11 bits per heavy atom. The maximum absolute atomic E-state index is 12.8. The molecule has 0 saturated carbocycles. The van der Waals surface area contributed by atoms with E-state index in [2.05, 4.69) is 23.1 Å². The molecule has 0 spiro atoms. The molecule has 0 bridgehead atoms. The number of hydrogen-bond donors (Lipinski definition) is 0. The molecule has 1 radical (unpaired) electrons. The molecule has 19 heavy (non-hydrogen) atoms. The van der Waals surface area contributed by atoms with Crippen LogP contribution in [-0.4, -0.2) is 18.0 Å². The standard InChI is InChI=1S/C17H17FN/c18-17-7-5-14(6-8-17)9-11-19-12-10-15-3-1-2-4-16(15)13-19/h1,3-8H,9-13H2. The van der Waals surface area contributed by atoms with Gasteiger partial charge in [-0.25, -0.2) is 4.39 Å². The quantitative estimate of drug-likeness (QED) is 0.813. The van der Waals surface area contributed by atoms with Crippen molar-refractivity contribution < 1.29 is 4.39 Å². The highest BCUT2D eigenvalue weighted by Gasteiger charge is 2.15. The van der Waals surface area contributed by atoms with Crippen LogP contribution in [0.2, 0.25) is 0 Å². The fourth-order valence-electron chi connectivity index (χ4n) is 2.62. The number of benzene rings is 2. The van der Waals surface area contributed by atoms with Gasteiger partial charge in [-0.3, -0.25) is 4.90 Å². The summed E-state index contributed by atoms with van der Waals surface area (Å²) in [5.74, 6) is -0.161. The van der Waals surface area contributed by atoms with Crippen molar-refractivity contribution in [3.05, 3.63) is 71.0 Å². The molecule has 0 saturated heterocycles. The lowest BCUT2D eigenvalue weighted by Gasteiger charge is -2.28. The average Bonchev–Trinajstić information content (AvgIpc) is 2.46. The summed E-state index contributed by atoms with van der Waals surface area (Å²) in [4.78, 5) is 2.46. The van der Waals surface area contributed by atoms with Gasteiger partial charge in [0.15, 0.2) is 0 Å². The van der Waals surface area contributed by atoms with E-state index in [0.29, 0.717) is 0 Å². The molecule has 1 aliphatic heterocycles. The zero-order chi connectivity index (χ0) is 13.1. The third kappa shape index (κ3) is 3.02. The van der Waals surface area contributed by atoms with Crippen molar-refractivity contribution in [3.8, 4) is 0 Å². The molecule has 1 heterocycles. The maximum atomic E-state index is 12.8. The molecule has 97 valence electrons. The van der Waals surface area contributed by atoms with E-state index >= 15 is 0 Å². The molecule has 3 rings (SSSR count). The monoisotopic (exact) mass is 254 g/mol. The van der Waals surface area contributed by atoms with E-state index in [9.17, 15) is 4.39 Å². The lowest BCUT2D eigenvalue weighted by molar-refractivity contribution is 0.257. The molecule has 2 heteroatoms. The second-order valence-electron chi connectivity index (χ2n) is 5.10. The summed E-state index contributed by atoms with van der Waals surface area (Å²) < 4.78 is 12.8. The van der Waals surface area contributed by atoms with E-state index in [-0.39, 0.29) is 5.82 Å². The van der Waals surface area contributed by atoms with Gasteiger partial charge in [0.2, 0.25) is 0 Å². The normalized spacial score (nSPS) is 15.2. The molecule has 0 aliphatic carbocycles. The van der Waals surface area contributed by atoms with Gasteiger partial charge >= 0.3 is 0 Å². The van der Waals surface area contributed by atoms with Crippen molar-refractivity contribution in [1.82, 2.24) is 4.90 Å². The van der Waals surface area contributed by atoms with Gasteiger partial charge < -0.3 is 0 Å². The Labute approximate surface area is 113 Å². The Hall–Kier alpha value is -1.67. The van der Waals surface area contributed by atoms with Crippen LogP contribution in [0.4, 0.5) is 4.39 Å². The number of hydrogen-bond acceptors (Lipinski definition) is 1. The van der Waals surface area contributed by atoms with Gasteiger partial charge in [0.25, 0.3) is 0 Å². The highest BCUT2D eigenvalue weighted by Crippen LogP contribution is 2.18. The fraction of sp³-hybridized carbons (Fsp3) is 0.294. The van der Waals surface area contributed by atoms with Gasteiger partial charge in [0.1, 0.15) is 5.82 Å². The first-order chi connectivity index (χ1) is 9.31. The molecule has 2 aromatic rings. The predicted octanol–water partition coefficient (Wildman–Crippen LogP) is 3.23. The minimum Gasteiger partial charge on any atom is -0.298 e. The Morgan fingerprint density at radius 3 is 2.79 bits per heavy atom. The van der Waals surface area contributed by atoms with Gasteiger partial charge in [0, 0.05) is 19.6 Å². The summed E-state index contributed by atoms with van der Waals surface area (Å²) in [6.45, 7) is 3.14. The van der Waals surface area contributed by atoms with Crippen LogP contribution in [0.1, 0.15) is 16.7 Å². The first kappa shape index (κ1) is 12.4. The molecule has 0 atom stereocenters. The second kappa shape index (κ2) is 5.54. The van der Waals surface area contributed by atoms with Crippen LogP contribution in [0, 0.1) is 11.9 Å². The summed E-state index contributed by atoms with van der Waals surface area (Å²) in [5, 5.41) is 0. The van der Waals surface area contributed by atoms with E-state index < -0.39 is 0 Å². The van der Waals surface area contributed by atoms with Crippen LogP contribution in [0.5, 0.6) is 0 Å². The Balaban J connectivity index is 1.59. The first-order valence-electron chi connectivity index (χ1n) is 6.76. The van der Waals surface area contributed by atoms with Crippen molar-refractivity contribution in [2.24, 2.45) is 0 Å². The summed E-state index contributed by atoms with van der Waals surface area (Å²) in [6.07, 6.45) is 2.10. The summed E-state index contributed by atoms with van der Waals surface area (Å²) in [7, 11) is 0. The average molecular weight is 254 g/mol. The molecule has 0 amide bonds. The second-order valence-corrected chi connectivity index (χ2v) is 5.10. The predicted molar refractivity (Wildman–Crippen MR) is 74.4 cm³/mol. The number of halogens is 1. The Morgan fingerprint density at radius 2 is 1.95 bits per heavy atom. The van der Waals surface area contributed by atoms with E-state index in [0.717, 1.165) is 32.5 Å². The van der Waals surface area contributed by atoms with Gasteiger partial charge in [-0.2, -0.15) is 0 Å². The van der Waals surface area contributed by atoms with E-state index in [4.69, 9.17) is 0 Å². The summed E-state index contributed by atoms with van der Waals surface area (Å²) >= 11 is 0. The van der Waals surface area contributed by atoms with Gasteiger partial charge in [-0.15, -0.1) is 0 Å². The molecule has 0 fully saturated rings. The molecule has 0 N–H and O–H groups in total. The highest BCUT2D eigenvalue weighted by atomic mass is 19.1. The van der Waals surface area contributed by atoms with E-state index in [1.165, 1.54) is 28.8 Å². The number of rotatable bonds is 3. The van der Waals surface area contributed by atoms with Crippen LogP contribution in [0.25, 0.3) is 0 Å². The molecule has 1 nitrogen and oxygen atoms in total. The van der Waals surface area contributed by atoms with Gasteiger partial charge in [-0.1, -0.05) is 24.3 Å². The lowest BCUT2D eigenvalue weighted by Crippen LogP contribution is -2.32. The van der Waals surface area contributed by atoms with Crippen molar-refractivity contribution >= 4 is 0 Å². The zero-order valence-corrected chi connectivity index (χ0v) is 10.9. The van der Waals surface area contributed by atoms with Crippen molar-refractivity contribution in [2.45, 2.75) is 19.4 Å². The number of nitrogens with zero attached hydrogens (tertiary/aromatic N) is 1.